The third-order valence-corrected chi connectivity index (χ3v) is 6.55. The summed E-state index contributed by atoms with van der Waals surface area (Å²) in [7, 11) is 0. The van der Waals surface area contributed by atoms with Crippen LogP contribution in [0.5, 0.6) is 0 Å². The molecule has 2 heterocycles. The van der Waals surface area contributed by atoms with Crippen molar-refractivity contribution in [1.82, 2.24) is 20.5 Å². The van der Waals surface area contributed by atoms with Crippen LogP contribution in [-0.4, -0.2) is 52.3 Å². The van der Waals surface area contributed by atoms with E-state index in [1.54, 1.807) is 0 Å². The number of thiazole rings is 1. The molecule has 1 aliphatic heterocycles. The van der Waals surface area contributed by atoms with Gasteiger partial charge in [0.1, 0.15) is 12.1 Å². The fourth-order valence-corrected chi connectivity index (χ4v) is 4.86. The van der Waals surface area contributed by atoms with Crippen molar-refractivity contribution < 1.29 is 19.2 Å². The number of hydrogen-bond acceptors (Lipinski definition) is 6. The number of amides is 5. The standard InChI is InChI=1S/C22H25N5O4S/c1-14(28)23-11-8-15-4-6-16(7-5-15)17-13-32-20(24-17)25-18(29)12-27-19(30)22(26-21(27)31)9-2-3-10-22/h4-7,13H,2-3,8-12H2,1H3,(H,23,28)(H,26,31)(H,24,25,29). The maximum Gasteiger partial charge on any atom is 0.325 e. The van der Waals surface area contributed by atoms with Crippen LogP contribution in [0.15, 0.2) is 29.6 Å². The van der Waals surface area contributed by atoms with Crippen molar-refractivity contribution in [3.05, 3.63) is 35.2 Å². The maximum absolute atomic E-state index is 12.7. The number of carbonyl (C=O) groups excluding carboxylic acids is 4. The van der Waals surface area contributed by atoms with Gasteiger partial charge in [0.2, 0.25) is 11.8 Å². The molecule has 2 fully saturated rings. The predicted molar refractivity (Wildman–Crippen MR) is 120 cm³/mol. The van der Waals surface area contributed by atoms with Crippen LogP contribution in [-0.2, 0) is 20.8 Å². The molecule has 10 heteroatoms. The quantitative estimate of drug-likeness (QED) is 0.553. The Hall–Kier alpha value is -3.27. The third-order valence-electron chi connectivity index (χ3n) is 5.79. The van der Waals surface area contributed by atoms with Crippen LogP contribution >= 0.6 is 11.3 Å². The van der Waals surface area contributed by atoms with Crippen LogP contribution in [0.4, 0.5) is 9.93 Å². The van der Waals surface area contributed by atoms with Crippen LogP contribution in [0.3, 0.4) is 0 Å². The van der Waals surface area contributed by atoms with Gasteiger partial charge in [0.05, 0.1) is 5.69 Å². The molecule has 2 aliphatic rings. The lowest BCUT2D eigenvalue weighted by molar-refractivity contribution is -0.133. The molecular weight excluding hydrogens is 430 g/mol. The lowest BCUT2D eigenvalue weighted by Crippen LogP contribution is -2.44. The van der Waals surface area contributed by atoms with Gasteiger partial charge in [-0.15, -0.1) is 11.3 Å². The molecule has 0 bridgehead atoms. The molecule has 1 saturated heterocycles. The molecule has 5 amide bonds. The third kappa shape index (κ3) is 4.64. The normalized spacial score (nSPS) is 17.0. The van der Waals surface area contributed by atoms with Gasteiger partial charge in [0, 0.05) is 24.4 Å². The first-order valence-corrected chi connectivity index (χ1v) is 11.5. The number of hydrogen-bond donors (Lipinski definition) is 3. The molecule has 3 N–H and O–H groups in total. The summed E-state index contributed by atoms with van der Waals surface area (Å²) in [6, 6.07) is 7.33. The SMILES string of the molecule is CC(=O)NCCc1ccc(-c2csc(NC(=O)CN3C(=O)NC4(CCCC4)C3=O)n2)cc1. The molecule has 32 heavy (non-hydrogen) atoms. The van der Waals surface area contributed by atoms with Crippen molar-refractivity contribution >= 4 is 40.2 Å². The minimum Gasteiger partial charge on any atom is -0.356 e. The molecule has 0 atom stereocenters. The first kappa shape index (κ1) is 21.9. The van der Waals surface area contributed by atoms with Crippen molar-refractivity contribution in [3.63, 3.8) is 0 Å². The number of rotatable bonds is 7. The van der Waals surface area contributed by atoms with Gasteiger partial charge in [-0.1, -0.05) is 37.1 Å². The summed E-state index contributed by atoms with van der Waals surface area (Å²) < 4.78 is 0. The molecule has 0 unspecified atom stereocenters. The predicted octanol–water partition coefficient (Wildman–Crippen LogP) is 2.29. The highest BCUT2D eigenvalue weighted by atomic mass is 32.1. The van der Waals surface area contributed by atoms with E-state index in [2.05, 4.69) is 20.9 Å². The Morgan fingerprint density at radius 2 is 1.91 bits per heavy atom. The van der Waals surface area contributed by atoms with Gasteiger partial charge in [-0.3, -0.25) is 19.3 Å². The summed E-state index contributed by atoms with van der Waals surface area (Å²) in [5.41, 5.74) is 1.90. The van der Waals surface area contributed by atoms with Gasteiger partial charge in [0.25, 0.3) is 5.91 Å². The van der Waals surface area contributed by atoms with Crippen LogP contribution < -0.4 is 16.0 Å². The molecular formula is C22H25N5O4S. The van der Waals surface area contributed by atoms with Gasteiger partial charge in [-0.2, -0.15) is 0 Å². The van der Waals surface area contributed by atoms with Crippen LogP contribution in [0, 0.1) is 0 Å². The van der Waals surface area contributed by atoms with E-state index in [0.29, 0.717) is 24.5 Å². The van der Waals surface area contributed by atoms with Gasteiger partial charge in [0.15, 0.2) is 5.13 Å². The number of nitrogens with one attached hydrogen (secondary N) is 3. The zero-order valence-electron chi connectivity index (χ0n) is 17.8. The van der Waals surface area contributed by atoms with Gasteiger partial charge in [-0.05, 0) is 24.8 Å². The lowest BCUT2D eigenvalue weighted by atomic mass is 9.98. The zero-order valence-corrected chi connectivity index (χ0v) is 18.6. The molecule has 1 saturated carbocycles. The van der Waals surface area contributed by atoms with E-state index in [-0.39, 0.29) is 18.4 Å². The number of aromatic nitrogens is 1. The van der Waals surface area contributed by atoms with Crippen LogP contribution in [0.1, 0.15) is 38.2 Å². The Balaban J connectivity index is 1.33. The van der Waals surface area contributed by atoms with E-state index in [0.717, 1.165) is 41.0 Å². The van der Waals surface area contributed by atoms with Crippen LogP contribution in [0.2, 0.25) is 0 Å². The summed E-state index contributed by atoms with van der Waals surface area (Å²) >= 11 is 1.28. The molecule has 1 aliphatic carbocycles. The Kier molecular flexibility index (Phi) is 6.22. The Labute approximate surface area is 189 Å². The summed E-state index contributed by atoms with van der Waals surface area (Å²) in [6.07, 6.45) is 3.77. The molecule has 1 spiro atoms. The van der Waals surface area contributed by atoms with E-state index < -0.39 is 17.5 Å². The summed E-state index contributed by atoms with van der Waals surface area (Å²) in [5, 5.41) is 10.5. The average Bonchev–Trinajstić information content (AvgIpc) is 3.46. The second kappa shape index (κ2) is 9.07. The van der Waals surface area contributed by atoms with E-state index in [1.165, 1.54) is 18.3 Å². The molecule has 168 valence electrons. The minimum absolute atomic E-state index is 0.0496. The second-order valence-corrected chi connectivity index (χ2v) is 8.98. The monoisotopic (exact) mass is 455 g/mol. The molecule has 4 rings (SSSR count). The number of anilines is 1. The lowest BCUT2D eigenvalue weighted by Gasteiger charge is -2.19. The highest BCUT2D eigenvalue weighted by Crippen LogP contribution is 2.35. The van der Waals surface area contributed by atoms with Gasteiger partial charge in [-0.25, -0.2) is 9.78 Å². The Bertz CT molecular complexity index is 1040. The van der Waals surface area contributed by atoms with Crippen LogP contribution in [0.25, 0.3) is 11.3 Å². The first-order valence-electron chi connectivity index (χ1n) is 10.6. The Morgan fingerprint density at radius 1 is 1.19 bits per heavy atom. The number of carbonyl (C=O) groups is 4. The van der Waals surface area contributed by atoms with Crippen molar-refractivity contribution in [2.24, 2.45) is 0 Å². The van der Waals surface area contributed by atoms with E-state index in [1.807, 2.05) is 29.6 Å². The van der Waals surface area contributed by atoms with E-state index in [4.69, 9.17) is 0 Å². The summed E-state index contributed by atoms with van der Waals surface area (Å²) in [5.74, 6) is -0.822. The largest absolute Gasteiger partial charge is 0.356 e. The number of nitrogens with zero attached hydrogens (tertiary/aromatic N) is 2. The minimum atomic E-state index is -0.819. The van der Waals surface area contributed by atoms with Crippen molar-refractivity contribution in [1.29, 1.82) is 0 Å². The van der Waals surface area contributed by atoms with Crippen molar-refractivity contribution in [2.75, 3.05) is 18.4 Å². The van der Waals surface area contributed by atoms with Crippen molar-refractivity contribution in [3.8, 4) is 11.3 Å². The number of urea groups is 1. The first-order chi connectivity index (χ1) is 15.4. The summed E-state index contributed by atoms with van der Waals surface area (Å²) in [6.45, 7) is 1.75. The van der Waals surface area contributed by atoms with E-state index >= 15 is 0 Å². The molecule has 1 aromatic carbocycles. The van der Waals surface area contributed by atoms with Gasteiger partial charge >= 0.3 is 6.03 Å². The molecule has 0 radical (unpaired) electrons. The van der Waals surface area contributed by atoms with Gasteiger partial charge < -0.3 is 16.0 Å². The molecule has 2 aromatic rings. The smallest absolute Gasteiger partial charge is 0.325 e. The highest BCUT2D eigenvalue weighted by molar-refractivity contribution is 7.14. The number of imide groups is 1. The topological polar surface area (TPSA) is 121 Å². The fourth-order valence-electron chi connectivity index (χ4n) is 4.13. The molecule has 9 nitrogen and oxygen atoms in total. The van der Waals surface area contributed by atoms with E-state index in [9.17, 15) is 19.2 Å². The second-order valence-electron chi connectivity index (χ2n) is 8.13. The summed E-state index contributed by atoms with van der Waals surface area (Å²) in [4.78, 5) is 53.7. The van der Waals surface area contributed by atoms with Crippen molar-refractivity contribution in [2.45, 2.75) is 44.6 Å². The Morgan fingerprint density at radius 3 is 2.59 bits per heavy atom. The average molecular weight is 456 g/mol. The fraction of sp³-hybridized carbons (Fsp3) is 0.409. The maximum atomic E-state index is 12.7. The molecule has 1 aromatic heterocycles. The zero-order chi connectivity index (χ0) is 22.7. The number of benzene rings is 1. The highest BCUT2D eigenvalue weighted by Gasteiger charge is 2.52.